The summed E-state index contributed by atoms with van der Waals surface area (Å²) in [5.74, 6) is -2.19. The van der Waals surface area contributed by atoms with E-state index in [1.807, 2.05) is 19.9 Å². The molecule has 1 atom stereocenters. The van der Waals surface area contributed by atoms with Crippen molar-refractivity contribution in [2.45, 2.75) is 58.9 Å². The van der Waals surface area contributed by atoms with Crippen LogP contribution in [0.1, 0.15) is 44.0 Å². The van der Waals surface area contributed by atoms with Crippen LogP contribution < -0.4 is 0 Å². The minimum Gasteiger partial charge on any atom is -0.251 e. The van der Waals surface area contributed by atoms with Crippen LogP contribution in [0.25, 0.3) is 11.5 Å². The Morgan fingerprint density at radius 1 is 1.13 bits per heavy atom. The molecule has 2 heterocycles. The number of hydrogen-bond donors (Lipinski definition) is 0. The second kappa shape index (κ2) is 5.62. The SMILES string of the molecule is Cc1cc(C)nc(-c2cn(CC3(C)CCCCC3(F)F)nn2)n1. The van der Waals surface area contributed by atoms with E-state index >= 15 is 0 Å². The average Bonchev–Trinajstić information content (AvgIpc) is 2.90. The normalized spacial score (nSPS) is 23.9. The van der Waals surface area contributed by atoms with Crippen LogP contribution in [0.2, 0.25) is 0 Å². The Morgan fingerprint density at radius 2 is 1.78 bits per heavy atom. The van der Waals surface area contributed by atoms with E-state index in [-0.39, 0.29) is 13.0 Å². The van der Waals surface area contributed by atoms with Crippen LogP contribution in [0.3, 0.4) is 0 Å². The van der Waals surface area contributed by atoms with Crippen LogP contribution in [-0.2, 0) is 6.54 Å². The van der Waals surface area contributed by atoms with Crippen LogP contribution >= 0.6 is 0 Å². The first kappa shape index (κ1) is 16.0. The summed E-state index contributed by atoms with van der Waals surface area (Å²) < 4.78 is 30.1. The lowest BCUT2D eigenvalue weighted by molar-refractivity contribution is -0.149. The molecule has 0 amide bonds. The molecule has 1 aliphatic rings. The van der Waals surface area contributed by atoms with Crippen molar-refractivity contribution in [2.75, 3.05) is 0 Å². The highest BCUT2D eigenvalue weighted by molar-refractivity contribution is 5.47. The number of nitrogens with zero attached hydrogens (tertiary/aromatic N) is 5. The van der Waals surface area contributed by atoms with Gasteiger partial charge in [0.25, 0.3) is 5.92 Å². The number of hydrogen-bond acceptors (Lipinski definition) is 4. The van der Waals surface area contributed by atoms with Crippen molar-refractivity contribution in [3.05, 3.63) is 23.7 Å². The van der Waals surface area contributed by atoms with Gasteiger partial charge in [0, 0.05) is 17.8 Å². The van der Waals surface area contributed by atoms with Gasteiger partial charge in [0.05, 0.1) is 18.2 Å². The zero-order chi connectivity index (χ0) is 16.7. The van der Waals surface area contributed by atoms with Crippen molar-refractivity contribution < 1.29 is 8.78 Å². The van der Waals surface area contributed by atoms with E-state index in [0.29, 0.717) is 24.4 Å². The first-order valence-corrected chi connectivity index (χ1v) is 7.90. The summed E-state index contributed by atoms with van der Waals surface area (Å²) in [5.41, 5.74) is 1.11. The summed E-state index contributed by atoms with van der Waals surface area (Å²) in [6.07, 6.45) is 3.51. The minimum absolute atomic E-state index is 0.0504. The van der Waals surface area contributed by atoms with Crippen molar-refractivity contribution >= 4 is 0 Å². The van der Waals surface area contributed by atoms with Gasteiger partial charge in [0.15, 0.2) is 5.82 Å². The van der Waals surface area contributed by atoms with Gasteiger partial charge in [-0.05, 0) is 32.8 Å². The molecule has 3 rings (SSSR count). The molecule has 0 aliphatic heterocycles. The van der Waals surface area contributed by atoms with Gasteiger partial charge >= 0.3 is 0 Å². The summed E-state index contributed by atoms with van der Waals surface area (Å²) in [5, 5.41) is 8.07. The number of rotatable bonds is 3. The Balaban J connectivity index is 1.84. The molecule has 124 valence electrons. The van der Waals surface area contributed by atoms with Gasteiger partial charge in [-0.3, -0.25) is 4.68 Å². The van der Waals surface area contributed by atoms with E-state index in [9.17, 15) is 8.78 Å². The van der Waals surface area contributed by atoms with Gasteiger partial charge in [-0.25, -0.2) is 18.7 Å². The molecule has 1 aliphatic carbocycles. The number of alkyl halides is 2. The molecule has 7 heteroatoms. The first-order valence-electron chi connectivity index (χ1n) is 7.90. The fourth-order valence-electron chi connectivity index (χ4n) is 3.22. The number of halogens is 2. The topological polar surface area (TPSA) is 56.5 Å². The molecule has 2 aromatic heterocycles. The predicted octanol–water partition coefficient (Wildman–Crippen LogP) is 3.57. The molecular weight excluding hydrogens is 300 g/mol. The summed E-state index contributed by atoms with van der Waals surface area (Å²) in [7, 11) is 0. The van der Waals surface area contributed by atoms with Crippen LogP contribution in [0, 0.1) is 19.3 Å². The Hall–Kier alpha value is -1.92. The van der Waals surface area contributed by atoms with Gasteiger partial charge in [-0.1, -0.05) is 18.6 Å². The largest absolute Gasteiger partial charge is 0.255 e. The molecule has 1 unspecified atom stereocenters. The lowest BCUT2D eigenvalue weighted by Gasteiger charge is -2.40. The lowest BCUT2D eigenvalue weighted by atomic mass is 9.72. The lowest BCUT2D eigenvalue weighted by Crippen LogP contribution is -2.44. The second-order valence-electron chi connectivity index (χ2n) is 6.75. The maximum absolute atomic E-state index is 14.3. The van der Waals surface area contributed by atoms with E-state index in [4.69, 9.17) is 0 Å². The van der Waals surface area contributed by atoms with Crippen LogP contribution in [0.15, 0.2) is 12.3 Å². The molecule has 0 bridgehead atoms. The molecule has 0 radical (unpaired) electrons. The molecule has 0 aromatic carbocycles. The summed E-state index contributed by atoms with van der Waals surface area (Å²) in [4.78, 5) is 8.67. The van der Waals surface area contributed by atoms with Crippen molar-refractivity contribution in [1.82, 2.24) is 25.0 Å². The van der Waals surface area contributed by atoms with Crippen molar-refractivity contribution in [1.29, 1.82) is 0 Å². The van der Waals surface area contributed by atoms with Gasteiger partial charge in [0.1, 0.15) is 5.69 Å². The summed E-state index contributed by atoms with van der Waals surface area (Å²) >= 11 is 0. The molecule has 1 saturated carbocycles. The smallest absolute Gasteiger partial charge is 0.251 e. The second-order valence-corrected chi connectivity index (χ2v) is 6.75. The maximum atomic E-state index is 14.3. The monoisotopic (exact) mass is 321 g/mol. The molecule has 0 spiro atoms. The highest BCUT2D eigenvalue weighted by Gasteiger charge is 2.51. The third-order valence-corrected chi connectivity index (χ3v) is 4.61. The third kappa shape index (κ3) is 3.09. The van der Waals surface area contributed by atoms with E-state index in [1.165, 1.54) is 4.68 Å². The van der Waals surface area contributed by atoms with Crippen LogP contribution in [0.5, 0.6) is 0 Å². The molecule has 0 saturated heterocycles. The fraction of sp³-hybridized carbons (Fsp3) is 0.625. The average molecular weight is 321 g/mol. The Morgan fingerprint density at radius 3 is 2.43 bits per heavy atom. The molecule has 2 aromatic rings. The molecule has 5 nitrogen and oxygen atoms in total. The molecular formula is C16H21F2N5. The van der Waals surface area contributed by atoms with Crippen LogP contribution in [-0.4, -0.2) is 30.9 Å². The number of aromatic nitrogens is 5. The standard InChI is InChI=1S/C16H21F2N5/c1-11-8-12(2)20-14(19-11)13-9-23(22-21-13)10-15(3)6-4-5-7-16(15,17)18/h8-9H,4-7,10H2,1-3H3. The van der Waals surface area contributed by atoms with Gasteiger partial charge in [-0.2, -0.15) is 0 Å². The van der Waals surface area contributed by atoms with Gasteiger partial charge in [-0.15, -0.1) is 5.10 Å². The van der Waals surface area contributed by atoms with Crippen molar-refractivity contribution in [2.24, 2.45) is 5.41 Å². The summed E-state index contributed by atoms with van der Waals surface area (Å²) in [6.45, 7) is 5.55. The zero-order valence-corrected chi connectivity index (χ0v) is 13.7. The summed E-state index contributed by atoms with van der Waals surface area (Å²) in [6, 6.07) is 1.87. The highest BCUT2D eigenvalue weighted by atomic mass is 19.3. The Bertz CT molecular complexity index is 692. The van der Waals surface area contributed by atoms with E-state index < -0.39 is 11.3 Å². The van der Waals surface area contributed by atoms with Crippen molar-refractivity contribution in [3.8, 4) is 11.5 Å². The molecule has 0 N–H and O–H groups in total. The predicted molar refractivity (Wildman–Crippen MR) is 82.0 cm³/mol. The highest BCUT2D eigenvalue weighted by Crippen LogP contribution is 2.48. The Kier molecular flexibility index (Phi) is 3.90. The quantitative estimate of drug-likeness (QED) is 0.867. The van der Waals surface area contributed by atoms with Crippen LogP contribution in [0.4, 0.5) is 8.78 Å². The molecule has 23 heavy (non-hydrogen) atoms. The first-order chi connectivity index (χ1) is 10.8. The fourth-order valence-corrected chi connectivity index (χ4v) is 3.22. The molecule has 1 fully saturated rings. The van der Waals surface area contributed by atoms with E-state index in [2.05, 4.69) is 20.3 Å². The van der Waals surface area contributed by atoms with E-state index in [1.54, 1.807) is 13.1 Å². The minimum atomic E-state index is -2.67. The third-order valence-electron chi connectivity index (χ3n) is 4.61. The zero-order valence-electron chi connectivity index (χ0n) is 13.7. The van der Waals surface area contributed by atoms with Crippen molar-refractivity contribution in [3.63, 3.8) is 0 Å². The maximum Gasteiger partial charge on any atom is 0.255 e. The van der Waals surface area contributed by atoms with Gasteiger partial charge < -0.3 is 0 Å². The van der Waals surface area contributed by atoms with Gasteiger partial charge in [0.2, 0.25) is 0 Å². The Labute approximate surface area is 134 Å². The van der Waals surface area contributed by atoms with E-state index in [0.717, 1.165) is 17.8 Å². The number of aryl methyl sites for hydroxylation is 2.